The van der Waals surface area contributed by atoms with Crippen LogP contribution in [0.1, 0.15) is 31.8 Å². The van der Waals surface area contributed by atoms with Gasteiger partial charge in [-0.25, -0.2) is 4.79 Å². The molecule has 0 N–H and O–H groups in total. The van der Waals surface area contributed by atoms with Crippen LogP contribution >= 0.6 is 0 Å². The summed E-state index contributed by atoms with van der Waals surface area (Å²) in [7, 11) is 0. The van der Waals surface area contributed by atoms with Gasteiger partial charge in [-0.3, -0.25) is 4.79 Å². The van der Waals surface area contributed by atoms with E-state index in [-0.39, 0.29) is 12.4 Å². The number of Topliss-reactive ketones (excluding diaryl/α,β-unsaturated/α-hetero) is 1. The molecular weight excluding hydrogens is 308 g/mol. The van der Waals surface area contributed by atoms with Crippen LogP contribution in [0.2, 0.25) is 0 Å². The predicted octanol–water partition coefficient (Wildman–Crippen LogP) is 3.11. The molecule has 1 aliphatic rings. The first-order valence-electron chi connectivity index (χ1n) is 7.72. The van der Waals surface area contributed by atoms with Gasteiger partial charge in [0.1, 0.15) is 13.2 Å². The number of carbonyl (C=O) groups excluding carboxylic acids is 2. The van der Waals surface area contributed by atoms with Crippen molar-refractivity contribution in [3.05, 3.63) is 58.7 Å². The number of ether oxygens (including phenoxy) is 3. The molecule has 0 saturated heterocycles. The van der Waals surface area contributed by atoms with Crippen LogP contribution in [0.4, 0.5) is 0 Å². The van der Waals surface area contributed by atoms with Crippen molar-refractivity contribution in [2.75, 3.05) is 19.8 Å². The summed E-state index contributed by atoms with van der Waals surface area (Å²) in [6, 6.07) is 10.4. The summed E-state index contributed by atoms with van der Waals surface area (Å²) in [4.78, 5) is 24.4. The minimum atomic E-state index is -0.565. The average Bonchev–Trinajstić information content (AvgIpc) is 2.59. The SMILES string of the molecule is Cc1ccc(C(=O)COC(=O)c2ccc3c(c2)OCCO3)c(C)c1. The molecule has 1 aliphatic heterocycles. The molecule has 0 aromatic heterocycles. The zero-order valence-electron chi connectivity index (χ0n) is 13.6. The van der Waals surface area contributed by atoms with Gasteiger partial charge in [0, 0.05) is 5.56 Å². The molecule has 3 rings (SSSR count). The molecule has 5 heteroatoms. The van der Waals surface area contributed by atoms with Gasteiger partial charge in [0.05, 0.1) is 5.56 Å². The van der Waals surface area contributed by atoms with Crippen molar-refractivity contribution < 1.29 is 23.8 Å². The molecule has 0 aliphatic carbocycles. The number of esters is 1. The van der Waals surface area contributed by atoms with Gasteiger partial charge >= 0.3 is 5.97 Å². The third-order valence-electron chi connectivity index (χ3n) is 3.79. The second-order valence-corrected chi connectivity index (χ2v) is 5.68. The monoisotopic (exact) mass is 326 g/mol. The lowest BCUT2D eigenvalue weighted by Crippen LogP contribution is -2.17. The molecule has 0 spiro atoms. The van der Waals surface area contributed by atoms with Gasteiger partial charge in [0.2, 0.25) is 5.78 Å². The lowest BCUT2D eigenvalue weighted by molar-refractivity contribution is 0.0473. The first-order valence-corrected chi connectivity index (χ1v) is 7.72. The zero-order valence-corrected chi connectivity index (χ0v) is 13.6. The van der Waals surface area contributed by atoms with E-state index >= 15 is 0 Å². The Bertz CT molecular complexity index is 794. The summed E-state index contributed by atoms with van der Waals surface area (Å²) in [5, 5.41) is 0. The minimum absolute atomic E-state index is 0.224. The highest BCUT2D eigenvalue weighted by atomic mass is 16.6. The fourth-order valence-electron chi connectivity index (χ4n) is 2.59. The van der Waals surface area contributed by atoms with Crippen LogP contribution in [0.3, 0.4) is 0 Å². The Morgan fingerprint density at radius 1 is 1.00 bits per heavy atom. The Labute approximate surface area is 140 Å². The number of benzene rings is 2. The van der Waals surface area contributed by atoms with Gasteiger partial charge < -0.3 is 14.2 Å². The Morgan fingerprint density at radius 2 is 1.75 bits per heavy atom. The Balaban J connectivity index is 1.66. The van der Waals surface area contributed by atoms with Crippen molar-refractivity contribution >= 4 is 11.8 Å². The van der Waals surface area contributed by atoms with E-state index in [4.69, 9.17) is 14.2 Å². The van der Waals surface area contributed by atoms with Crippen molar-refractivity contribution in [3.63, 3.8) is 0 Å². The zero-order chi connectivity index (χ0) is 17.1. The topological polar surface area (TPSA) is 61.8 Å². The van der Waals surface area contributed by atoms with Gasteiger partial charge in [-0.15, -0.1) is 0 Å². The van der Waals surface area contributed by atoms with Crippen molar-refractivity contribution in [2.45, 2.75) is 13.8 Å². The largest absolute Gasteiger partial charge is 0.486 e. The molecule has 1 heterocycles. The third-order valence-corrected chi connectivity index (χ3v) is 3.79. The maximum Gasteiger partial charge on any atom is 0.338 e. The van der Waals surface area contributed by atoms with Gasteiger partial charge in [0.25, 0.3) is 0 Å². The second-order valence-electron chi connectivity index (χ2n) is 5.68. The summed E-state index contributed by atoms with van der Waals surface area (Å²) in [6.45, 7) is 4.46. The van der Waals surface area contributed by atoms with E-state index in [9.17, 15) is 9.59 Å². The molecule has 5 nitrogen and oxygen atoms in total. The Hall–Kier alpha value is -2.82. The van der Waals surface area contributed by atoms with E-state index in [1.165, 1.54) is 0 Å². The van der Waals surface area contributed by atoms with Crippen LogP contribution in [0, 0.1) is 13.8 Å². The molecule has 24 heavy (non-hydrogen) atoms. The number of ketones is 1. The first kappa shape index (κ1) is 16.1. The maximum absolute atomic E-state index is 12.2. The number of rotatable bonds is 4. The number of carbonyl (C=O) groups is 2. The van der Waals surface area contributed by atoms with E-state index < -0.39 is 5.97 Å². The molecular formula is C19H18O5. The van der Waals surface area contributed by atoms with Gasteiger partial charge in [-0.1, -0.05) is 23.8 Å². The molecule has 0 fully saturated rings. The van der Waals surface area contributed by atoms with Crippen molar-refractivity contribution in [3.8, 4) is 11.5 Å². The highest BCUT2D eigenvalue weighted by molar-refractivity contribution is 6.00. The van der Waals surface area contributed by atoms with E-state index in [0.29, 0.717) is 35.8 Å². The molecule has 0 unspecified atom stereocenters. The molecule has 0 atom stereocenters. The lowest BCUT2D eigenvalue weighted by atomic mass is 10.0. The first-order chi connectivity index (χ1) is 11.5. The summed E-state index contributed by atoms with van der Waals surface area (Å²) < 4.78 is 16.0. The molecule has 124 valence electrons. The lowest BCUT2D eigenvalue weighted by Gasteiger charge is -2.18. The van der Waals surface area contributed by atoms with E-state index in [0.717, 1.165) is 11.1 Å². The fourth-order valence-corrected chi connectivity index (χ4v) is 2.59. The van der Waals surface area contributed by atoms with Gasteiger partial charge in [-0.2, -0.15) is 0 Å². The van der Waals surface area contributed by atoms with Crippen LogP contribution in [-0.4, -0.2) is 31.6 Å². The Morgan fingerprint density at radius 3 is 2.50 bits per heavy atom. The predicted molar refractivity (Wildman–Crippen MR) is 88.0 cm³/mol. The second kappa shape index (κ2) is 6.74. The maximum atomic E-state index is 12.2. The highest BCUT2D eigenvalue weighted by Crippen LogP contribution is 2.30. The van der Waals surface area contributed by atoms with E-state index in [2.05, 4.69) is 0 Å². The normalized spacial score (nSPS) is 12.6. The Kier molecular flexibility index (Phi) is 4.51. The van der Waals surface area contributed by atoms with Crippen molar-refractivity contribution in [1.82, 2.24) is 0 Å². The molecule has 2 aromatic carbocycles. The van der Waals surface area contributed by atoms with Crippen LogP contribution in [0.25, 0.3) is 0 Å². The van der Waals surface area contributed by atoms with Crippen LogP contribution in [0.15, 0.2) is 36.4 Å². The van der Waals surface area contributed by atoms with Gasteiger partial charge in [-0.05, 0) is 37.6 Å². The number of fused-ring (bicyclic) bond motifs is 1. The van der Waals surface area contributed by atoms with Crippen LogP contribution in [-0.2, 0) is 4.74 Å². The van der Waals surface area contributed by atoms with Crippen LogP contribution < -0.4 is 9.47 Å². The standard InChI is InChI=1S/C19H18O5/c1-12-3-5-15(13(2)9-12)16(20)11-24-19(21)14-4-6-17-18(10-14)23-8-7-22-17/h3-6,9-10H,7-8,11H2,1-2H3. The molecule has 0 radical (unpaired) electrons. The number of hydrogen-bond acceptors (Lipinski definition) is 5. The number of hydrogen-bond donors (Lipinski definition) is 0. The smallest absolute Gasteiger partial charge is 0.338 e. The summed E-state index contributed by atoms with van der Waals surface area (Å²) >= 11 is 0. The van der Waals surface area contributed by atoms with Crippen molar-refractivity contribution in [2.24, 2.45) is 0 Å². The summed E-state index contributed by atoms with van der Waals surface area (Å²) in [5.41, 5.74) is 2.84. The third kappa shape index (κ3) is 3.40. The fraction of sp³-hybridized carbons (Fsp3) is 0.263. The summed E-state index contributed by atoms with van der Waals surface area (Å²) in [5.74, 6) is 0.323. The molecule has 2 aromatic rings. The molecule has 0 bridgehead atoms. The van der Waals surface area contributed by atoms with E-state index in [1.807, 2.05) is 26.0 Å². The van der Waals surface area contributed by atoms with E-state index in [1.54, 1.807) is 24.3 Å². The van der Waals surface area contributed by atoms with Gasteiger partial charge in [0.15, 0.2) is 18.1 Å². The molecule has 0 amide bonds. The average molecular weight is 326 g/mol. The number of aryl methyl sites for hydroxylation is 2. The quantitative estimate of drug-likeness (QED) is 0.638. The minimum Gasteiger partial charge on any atom is -0.486 e. The van der Waals surface area contributed by atoms with Crippen LogP contribution in [0.5, 0.6) is 11.5 Å². The highest BCUT2D eigenvalue weighted by Gasteiger charge is 2.17. The summed E-state index contributed by atoms with van der Waals surface area (Å²) in [6.07, 6.45) is 0. The molecule has 0 saturated carbocycles. The van der Waals surface area contributed by atoms with Crippen molar-refractivity contribution in [1.29, 1.82) is 0 Å².